The third kappa shape index (κ3) is 5.24. The summed E-state index contributed by atoms with van der Waals surface area (Å²) in [5.41, 5.74) is 0.640. The lowest BCUT2D eigenvalue weighted by Gasteiger charge is -2.07. The number of anilines is 1. The molecule has 0 unspecified atom stereocenters. The van der Waals surface area contributed by atoms with E-state index in [9.17, 15) is 9.59 Å². The first kappa shape index (κ1) is 15.6. The van der Waals surface area contributed by atoms with Crippen LogP contribution in [0.5, 0.6) is 0 Å². The maximum atomic E-state index is 11.7. The Hall–Kier alpha value is -1.79. The van der Waals surface area contributed by atoms with Crippen LogP contribution < -0.4 is 10.6 Å². The van der Waals surface area contributed by atoms with Gasteiger partial charge in [0.1, 0.15) is 0 Å². The molecular weight excluding hydrogens is 352 g/mol. The first-order valence-electron chi connectivity index (χ1n) is 6.18. The van der Waals surface area contributed by atoms with Gasteiger partial charge in [0.2, 0.25) is 5.91 Å². The molecule has 108 valence electrons. The highest BCUT2D eigenvalue weighted by atomic mass is 79.9. The average molecular weight is 365 g/mol. The van der Waals surface area contributed by atoms with E-state index in [1.165, 1.54) is 11.8 Å². The summed E-state index contributed by atoms with van der Waals surface area (Å²) >= 11 is 4.77. The second-order valence-corrected chi connectivity index (χ2v) is 5.96. The van der Waals surface area contributed by atoms with E-state index in [0.717, 1.165) is 9.37 Å². The first-order chi connectivity index (χ1) is 10.1. The number of urea groups is 1. The monoisotopic (exact) mass is 364 g/mol. The molecule has 0 aliphatic heterocycles. The van der Waals surface area contributed by atoms with Crippen molar-refractivity contribution < 1.29 is 9.59 Å². The fourth-order valence-electron chi connectivity index (χ4n) is 1.55. The Balaban J connectivity index is 1.79. The quantitative estimate of drug-likeness (QED) is 0.809. The molecule has 0 spiro atoms. The van der Waals surface area contributed by atoms with E-state index >= 15 is 0 Å². The highest BCUT2D eigenvalue weighted by Gasteiger charge is 2.09. The second kappa shape index (κ2) is 7.85. The van der Waals surface area contributed by atoms with Gasteiger partial charge in [-0.1, -0.05) is 30.3 Å². The SMILES string of the molecule is O=C(CSc1ccccc1Br)NC(=O)Nc1ccccc1. The van der Waals surface area contributed by atoms with Crippen LogP contribution in [0.4, 0.5) is 10.5 Å². The molecule has 2 N–H and O–H groups in total. The Labute approximate surface area is 135 Å². The Kier molecular flexibility index (Phi) is 5.83. The molecule has 0 heterocycles. The van der Waals surface area contributed by atoms with Crippen LogP contribution in [0.3, 0.4) is 0 Å². The van der Waals surface area contributed by atoms with Crippen molar-refractivity contribution >= 4 is 45.3 Å². The zero-order valence-corrected chi connectivity index (χ0v) is 13.4. The van der Waals surface area contributed by atoms with Gasteiger partial charge in [-0.2, -0.15) is 0 Å². The van der Waals surface area contributed by atoms with E-state index in [-0.39, 0.29) is 11.7 Å². The smallest absolute Gasteiger partial charge is 0.308 e. The van der Waals surface area contributed by atoms with Gasteiger partial charge in [-0.3, -0.25) is 10.1 Å². The molecule has 0 aliphatic rings. The number of hydrogen-bond donors (Lipinski definition) is 2. The zero-order valence-electron chi connectivity index (χ0n) is 11.0. The molecule has 0 saturated heterocycles. The third-order valence-corrected chi connectivity index (χ3v) is 4.51. The van der Waals surface area contributed by atoms with Crippen LogP contribution in [-0.2, 0) is 4.79 Å². The molecule has 2 aromatic rings. The third-order valence-electron chi connectivity index (χ3n) is 2.48. The van der Waals surface area contributed by atoms with Gasteiger partial charge in [-0.25, -0.2) is 4.79 Å². The number of halogens is 1. The summed E-state index contributed by atoms with van der Waals surface area (Å²) in [6, 6.07) is 16.0. The summed E-state index contributed by atoms with van der Waals surface area (Å²) in [7, 11) is 0. The Bertz CT molecular complexity index is 635. The van der Waals surface area contributed by atoms with Gasteiger partial charge in [0.25, 0.3) is 0 Å². The molecule has 21 heavy (non-hydrogen) atoms. The number of amides is 3. The van der Waals surface area contributed by atoms with Gasteiger partial charge in [0.15, 0.2) is 0 Å². The minimum Gasteiger partial charge on any atom is -0.308 e. The van der Waals surface area contributed by atoms with Crippen molar-refractivity contribution in [2.75, 3.05) is 11.1 Å². The Morgan fingerprint density at radius 2 is 1.67 bits per heavy atom. The summed E-state index contributed by atoms with van der Waals surface area (Å²) in [4.78, 5) is 24.3. The van der Waals surface area contributed by atoms with Gasteiger partial charge in [-0.05, 0) is 40.2 Å². The van der Waals surface area contributed by atoms with E-state index in [0.29, 0.717) is 5.69 Å². The summed E-state index contributed by atoms with van der Waals surface area (Å²) in [6.07, 6.45) is 0. The molecule has 4 nitrogen and oxygen atoms in total. The summed E-state index contributed by atoms with van der Waals surface area (Å²) in [5, 5.41) is 4.89. The van der Waals surface area contributed by atoms with Crippen LogP contribution in [-0.4, -0.2) is 17.7 Å². The van der Waals surface area contributed by atoms with Crippen LogP contribution in [0.1, 0.15) is 0 Å². The standard InChI is InChI=1S/C15H13BrN2O2S/c16-12-8-4-5-9-13(12)21-10-14(19)18-15(20)17-11-6-2-1-3-7-11/h1-9H,10H2,(H2,17,18,19,20). The number of para-hydroxylation sites is 1. The van der Waals surface area contributed by atoms with Gasteiger partial charge >= 0.3 is 6.03 Å². The van der Waals surface area contributed by atoms with Crippen LogP contribution in [0.2, 0.25) is 0 Å². The number of rotatable bonds is 4. The van der Waals surface area contributed by atoms with Crippen molar-refractivity contribution in [2.24, 2.45) is 0 Å². The molecule has 6 heteroatoms. The minimum absolute atomic E-state index is 0.171. The fraction of sp³-hybridized carbons (Fsp3) is 0.0667. The highest BCUT2D eigenvalue weighted by molar-refractivity contribution is 9.10. The topological polar surface area (TPSA) is 58.2 Å². The van der Waals surface area contributed by atoms with Crippen molar-refractivity contribution in [2.45, 2.75) is 4.90 Å². The molecule has 0 atom stereocenters. The normalized spacial score (nSPS) is 9.95. The van der Waals surface area contributed by atoms with Crippen LogP contribution >= 0.6 is 27.7 Å². The summed E-state index contributed by atoms with van der Waals surface area (Å²) < 4.78 is 0.927. The fourth-order valence-corrected chi connectivity index (χ4v) is 2.92. The number of imide groups is 1. The average Bonchev–Trinajstić information content (AvgIpc) is 2.47. The lowest BCUT2D eigenvalue weighted by atomic mass is 10.3. The molecule has 3 amide bonds. The Morgan fingerprint density at radius 1 is 1.00 bits per heavy atom. The largest absolute Gasteiger partial charge is 0.325 e. The predicted molar refractivity (Wildman–Crippen MR) is 88.5 cm³/mol. The van der Waals surface area contributed by atoms with Gasteiger partial charge in [-0.15, -0.1) is 11.8 Å². The Morgan fingerprint density at radius 3 is 2.38 bits per heavy atom. The van der Waals surface area contributed by atoms with Gasteiger partial charge < -0.3 is 5.32 Å². The first-order valence-corrected chi connectivity index (χ1v) is 7.96. The number of thioether (sulfide) groups is 1. The van der Waals surface area contributed by atoms with Crippen LogP contribution in [0.15, 0.2) is 64.0 Å². The van der Waals surface area contributed by atoms with Crippen LogP contribution in [0.25, 0.3) is 0 Å². The van der Waals surface area contributed by atoms with Crippen molar-refractivity contribution in [3.8, 4) is 0 Å². The minimum atomic E-state index is -0.529. The maximum absolute atomic E-state index is 11.7. The van der Waals surface area contributed by atoms with E-state index in [1.54, 1.807) is 24.3 Å². The summed E-state index contributed by atoms with van der Waals surface area (Å²) in [5.74, 6) is -0.172. The molecule has 2 aromatic carbocycles. The molecular formula is C15H13BrN2O2S. The second-order valence-electron chi connectivity index (χ2n) is 4.09. The van der Waals surface area contributed by atoms with Crippen molar-refractivity contribution in [1.29, 1.82) is 0 Å². The van der Waals surface area contributed by atoms with E-state index in [2.05, 4.69) is 26.6 Å². The maximum Gasteiger partial charge on any atom is 0.325 e. The van der Waals surface area contributed by atoms with Gasteiger partial charge in [0.05, 0.1) is 5.75 Å². The van der Waals surface area contributed by atoms with Crippen molar-refractivity contribution in [3.05, 3.63) is 59.1 Å². The number of carbonyl (C=O) groups is 2. The van der Waals surface area contributed by atoms with Crippen molar-refractivity contribution in [3.63, 3.8) is 0 Å². The molecule has 2 rings (SSSR count). The van der Waals surface area contributed by atoms with Crippen LogP contribution in [0, 0.1) is 0 Å². The number of carbonyl (C=O) groups excluding carboxylic acids is 2. The zero-order chi connectivity index (χ0) is 15.1. The molecule has 0 fully saturated rings. The lowest BCUT2D eigenvalue weighted by molar-refractivity contribution is -0.117. The molecule has 0 aliphatic carbocycles. The lowest BCUT2D eigenvalue weighted by Crippen LogP contribution is -2.35. The molecule has 0 saturated carbocycles. The number of hydrogen-bond acceptors (Lipinski definition) is 3. The predicted octanol–water partition coefficient (Wildman–Crippen LogP) is 3.89. The van der Waals surface area contributed by atoms with E-state index < -0.39 is 6.03 Å². The molecule has 0 bridgehead atoms. The highest BCUT2D eigenvalue weighted by Crippen LogP contribution is 2.26. The van der Waals surface area contributed by atoms with E-state index in [1.807, 2.05) is 30.3 Å². The summed E-state index contributed by atoms with van der Waals surface area (Å²) in [6.45, 7) is 0. The number of benzene rings is 2. The van der Waals surface area contributed by atoms with E-state index in [4.69, 9.17) is 0 Å². The molecule has 0 aromatic heterocycles. The molecule has 0 radical (unpaired) electrons. The number of nitrogens with one attached hydrogen (secondary N) is 2. The van der Waals surface area contributed by atoms with Crippen molar-refractivity contribution in [1.82, 2.24) is 5.32 Å². The van der Waals surface area contributed by atoms with Gasteiger partial charge in [0, 0.05) is 15.1 Å².